The van der Waals surface area contributed by atoms with Crippen molar-refractivity contribution in [2.45, 2.75) is 20.9 Å². The molecule has 0 spiro atoms. The maximum absolute atomic E-state index is 15.4. The minimum atomic E-state index is -7.22. The van der Waals surface area contributed by atoms with Crippen LogP contribution in [0.3, 0.4) is 0 Å². The van der Waals surface area contributed by atoms with Crippen molar-refractivity contribution in [3.05, 3.63) is 230 Å². The molecule has 0 aliphatic heterocycles. The summed E-state index contributed by atoms with van der Waals surface area (Å²) in [5.41, 5.74) is -11.8. The van der Waals surface area contributed by atoms with Gasteiger partial charge in [0, 0.05) is 20.7 Å². The van der Waals surface area contributed by atoms with Gasteiger partial charge in [0.15, 0.2) is 79.6 Å². The number of hydrogen-bond acceptors (Lipinski definition) is 2. The summed E-state index contributed by atoms with van der Waals surface area (Å²) < 4.78 is 295. The van der Waals surface area contributed by atoms with Crippen molar-refractivity contribution in [1.29, 1.82) is 0 Å². The van der Waals surface area contributed by atoms with E-state index in [0.717, 1.165) is 0 Å². The Hall–Kier alpha value is -7.05. The second kappa shape index (κ2) is 20.9. The summed E-state index contributed by atoms with van der Waals surface area (Å²) in [5.74, 6) is -71.4. The molecule has 2 aromatic heterocycles. The van der Waals surface area contributed by atoms with Gasteiger partial charge in [-0.05, 0) is 60.5 Å². The highest BCUT2D eigenvalue weighted by Crippen LogP contribution is 2.40. The number of benzene rings is 7. The number of rotatable bonds is 9. The van der Waals surface area contributed by atoms with Crippen LogP contribution in [0.15, 0.2) is 123 Å². The highest BCUT2D eigenvalue weighted by Gasteiger charge is 2.52. The highest BCUT2D eigenvalue weighted by molar-refractivity contribution is 7.99. The summed E-state index contributed by atoms with van der Waals surface area (Å²) in [4.78, 5) is 6.73. The van der Waals surface area contributed by atoms with Crippen LogP contribution in [0.1, 0.15) is 4.88 Å². The minimum Gasteiger partial charge on any atom is -0.207 e. The average molecular weight is 1120 g/mol. The molecule has 24 heteroatoms. The van der Waals surface area contributed by atoms with Crippen LogP contribution in [-0.4, -0.2) is 6.15 Å². The van der Waals surface area contributed by atoms with E-state index in [2.05, 4.69) is 116 Å². The van der Waals surface area contributed by atoms with E-state index in [1.807, 2.05) is 22.7 Å². The SMILES string of the molecule is Cc1ccc(-c2ccc(-c3ccc([S+](c4ccccc4)c4ccccc4)s3)cc2)s1.Fc1c(F)c(F)c([B-](c2c(F)c(F)c(F)c(F)c2F)(c2c(F)c(F)c(F)c(F)c2F)c2c(F)c(F)c(F)c(F)c2F)c(F)c1F. The summed E-state index contributed by atoms with van der Waals surface area (Å²) in [6.07, 6.45) is -7.22. The van der Waals surface area contributed by atoms with Crippen LogP contribution in [0.5, 0.6) is 0 Å². The first-order chi connectivity index (χ1) is 35.5. The van der Waals surface area contributed by atoms with Crippen molar-refractivity contribution in [3.8, 4) is 20.9 Å². The Morgan fingerprint density at radius 3 is 0.800 bits per heavy atom. The topological polar surface area (TPSA) is 0 Å². The quantitative estimate of drug-likeness (QED) is 0.0444. The van der Waals surface area contributed by atoms with Gasteiger partial charge in [-0.25, -0.2) is 87.8 Å². The molecule has 0 saturated heterocycles. The summed E-state index contributed by atoms with van der Waals surface area (Å²) >= 11 is 3.75. The van der Waals surface area contributed by atoms with Gasteiger partial charge in [0.1, 0.15) is 63.6 Å². The maximum Gasteiger partial charge on any atom is 0.220 e. The molecule has 0 bridgehead atoms. The Kier molecular flexibility index (Phi) is 15.1. The van der Waals surface area contributed by atoms with Gasteiger partial charge >= 0.3 is 0 Å². The van der Waals surface area contributed by atoms with Gasteiger partial charge in [0.25, 0.3) is 0 Å². The fourth-order valence-corrected chi connectivity index (χ4v) is 12.9. The fraction of sp³-hybridized carbons (Fsp3) is 0.0196. The molecular weight excluding hydrogens is 1100 g/mol. The Labute approximate surface area is 420 Å². The van der Waals surface area contributed by atoms with E-state index in [0.29, 0.717) is 0 Å². The molecule has 0 unspecified atom stereocenters. The van der Waals surface area contributed by atoms with Crippen LogP contribution in [0, 0.1) is 123 Å². The zero-order valence-corrected chi connectivity index (χ0v) is 39.2. The predicted molar refractivity (Wildman–Crippen MR) is 242 cm³/mol. The maximum atomic E-state index is 15.4. The van der Waals surface area contributed by atoms with Crippen LogP contribution >= 0.6 is 22.7 Å². The molecule has 0 N–H and O–H groups in total. The summed E-state index contributed by atoms with van der Waals surface area (Å²) in [6, 6.07) is 39.7. The molecule has 0 atom stereocenters. The molecule has 0 nitrogen and oxygen atoms in total. The van der Waals surface area contributed by atoms with Gasteiger partial charge in [-0.2, -0.15) is 0 Å². The van der Waals surface area contributed by atoms with Crippen LogP contribution in [0.25, 0.3) is 20.9 Å². The molecule has 0 saturated carbocycles. The molecule has 0 amide bonds. The summed E-state index contributed by atoms with van der Waals surface area (Å²) in [5, 5.41) is 0. The third-order valence-electron chi connectivity index (χ3n) is 11.6. The smallest absolute Gasteiger partial charge is 0.207 e. The van der Waals surface area contributed by atoms with Crippen molar-refractivity contribution < 1.29 is 87.8 Å². The molecular formula is C51H21BF20S3. The van der Waals surface area contributed by atoms with Crippen LogP contribution in [0.2, 0.25) is 0 Å². The van der Waals surface area contributed by atoms with Crippen LogP contribution in [0.4, 0.5) is 87.8 Å². The van der Waals surface area contributed by atoms with E-state index in [9.17, 15) is 52.7 Å². The molecule has 0 aliphatic rings. The summed E-state index contributed by atoms with van der Waals surface area (Å²) in [6.45, 7) is 2.16. The first-order valence-electron chi connectivity index (χ1n) is 20.8. The Bertz CT molecular complexity index is 3260. The second-order valence-corrected chi connectivity index (χ2v) is 20.5. The average Bonchev–Trinajstić information content (AvgIpc) is 4.13. The third-order valence-corrected chi connectivity index (χ3v) is 16.4. The molecule has 2 heterocycles. The molecule has 0 fully saturated rings. The lowest BCUT2D eigenvalue weighted by Gasteiger charge is -2.44. The Morgan fingerprint density at radius 2 is 0.533 bits per heavy atom. The number of hydrogen-bond donors (Lipinski definition) is 0. The lowest BCUT2D eigenvalue weighted by atomic mass is 9.12. The molecule has 75 heavy (non-hydrogen) atoms. The zero-order valence-electron chi connectivity index (χ0n) is 36.8. The first kappa shape index (κ1) is 54.2. The number of thiophene rings is 2. The number of aryl methyl sites for hydroxylation is 1. The van der Waals surface area contributed by atoms with E-state index in [-0.39, 0.29) is 10.9 Å². The van der Waals surface area contributed by atoms with Gasteiger partial charge < -0.3 is 0 Å². The third kappa shape index (κ3) is 9.02. The lowest BCUT2D eigenvalue weighted by molar-refractivity contribution is 0.378. The summed E-state index contributed by atoms with van der Waals surface area (Å²) in [7, 11) is -0.0787. The van der Waals surface area contributed by atoms with E-state index in [1.165, 1.54) is 39.8 Å². The van der Waals surface area contributed by atoms with Crippen molar-refractivity contribution in [2.24, 2.45) is 0 Å². The molecule has 7 aromatic carbocycles. The molecule has 0 radical (unpaired) electrons. The van der Waals surface area contributed by atoms with Crippen molar-refractivity contribution in [1.82, 2.24) is 0 Å². The van der Waals surface area contributed by atoms with Gasteiger partial charge in [-0.1, -0.05) is 72.0 Å². The largest absolute Gasteiger partial charge is 0.220 e. The van der Waals surface area contributed by atoms with Crippen LogP contribution in [-0.2, 0) is 10.9 Å². The van der Waals surface area contributed by atoms with Gasteiger partial charge in [0.2, 0.25) is 4.21 Å². The standard InChI is InChI=1S/C27H21S3.C24BF20/c1-20-12-17-25(28-20)21-13-15-22(16-14-21)26-18-19-27(29-26)30(23-8-4-2-5-9-23)24-10-6-3-7-11-24;26-5-1(6(27)14(35)21(42)13(5)34)25(2-7(28)15(36)22(43)16(37)8(2)29,3-9(30)17(38)23(44)18(39)10(3)31)4-11(32)19(40)24(45)20(41)12(4)33/h2-19H,1H3;/q+1;-1. The van der Waals surface area contributed by atoms with E-state index in [4.69, 9.17) is 0 Å². The van der Waals surface area contributed by atoms with Gasteiger partial charge in [-0.3, -0.25) is 0 Å². The highest BCUT2D eigenvalue weighted by atomic mass is 32.2. The fourth-order valence-electron chi connectivity index (χ4n) is 8.33. The number of halogens is 20. The second-order valence-electron chi connectivity index (χ2n) is 15.8. The van der Waals surface area contributed by atoms with Crippen molar-refractivity contribution >= 4 is 61.6 Å². The first-order valence-corrected chi connectivity index (χ1v) is 23.7. The van der Waals surface area contributed by atoms with Gasteiger partial charge in [-0.15, -0.1) is 33.2 Å². The Balaban J connectivity index is 0.000000215. The van der Waals surface area contributed by atoms with Crippen LogP contribution < -0.4 is 21.9 Å². The predicted octanol–water partition coefficient (Wildman–Crippen LogP) is 14.4. The van der Waals surface area contributed by atoms with E-state index < -0.39 is 144 Å². The molecule has 386 valence electrons. The molecule has 0 aliphatic carbocycles. The normalized spacial score (nSPS) is 11.7. The molecule has 9 aromatic rings. The Morgan fingerprint density at radius 1 is 0.280 bits per heavy atom. The molecule has 9 rings (SSSR count). The van der Waals surface area contributed by atoms with Crippen molar-refractivity contribution in [2.75, 3.05) is 0 Å². The van der Waals surface area contributed by atoms with Crippen molar-refractivity contribution in [3.63, 3.8) is 0 Å². The minimum absolute atomic E-state index is 0.0787. The monoisotopic (exact) mass is 1120 g/mol. The lowest BCUT2D eigenvalue weighted by Crippen LogP contribution is -2.81. The van der Waals surface area contributed by atoms with E-state index >= 15 is 35.1 Å². The van der Waals surface area contributed by atoms with E-state index in [1.54, 1.807) is 0 Å². The zero-order chi connectivity index (χ0) is 54.7. The van der Waals surface area contributed by atoms with Gasteiger partial charge in [0.05, 0.1) is 0 Å².